The van der Waals surface area contributed by atoms with E-state index in [0.29, 0.717) is 28.9 Å². The predicted molar refractivity (Wildman–Crippen MR) is 129 cm³/mol. The summed E-state index contributed by atoms with van der Waals surface area (Å²) in [6.45, 7) is 4.23. The van der Waals surface area contributed by atoms with E-state index >= 15 is 0 Å². The lowest BCUT2D eigenvalue weighted by molar-refractivity contribution is -0.126. The third-order valence-electron chi connectivity index (χ3n) is 5.78. The van der Waals surface area contributed by atoms with Crippen molar-refractivity contribution in [3.05, 3.63) is 101 Å². The molecule has 2 atom stereocenters. The predicted octanol–water partition coefficient (Wildman–Crippen LogP) is 4.58. The zero-order valence-electron chi connectivity index (χ0n) is 19.5. The number of hydrogen-bond donors (Lipinski definition) is 2. The summed E-state index contributed by atoms with van der Waals surface area (Å²) in [5, 5.41) is 5.60. The molecular weight excluding hydrogens is 449 g/mol. The lowest BCUT2D eigenvalue weighted by Crippen LogP contribution is -2.46. The van der Waals surface area contributed by atoms with Crippen LogP contribution in [0, 0.1) is 12.7 Å². The fourth-order valence-electron chi connectivity index (χ4n) is 3.94. The van der Waals surface area contributed by atoms with Gasteiger partial charge in [-0.15, -0.1) is 0 Å². The highest BCUT2D eigenvalue weighted by atomic mass is 19.1. The summed E-state index contributed by atoms with van der Waals surface area (Å²) in [5.41, 5.74) is 3.46. The smallest absolute Gasteiger partial charge is 0.411 e. The van der Waals surface area contributed by atoms with E-state index in [2.05, 4.69) is 10.6 Å². The van der Waals surface area contributed by atoms with Gasteiger partial charge in [-0.1, -0.05) is 42.0 Å². The first-order valence-corrected chi connectivity index (χ1v) is 11.3. The van der Waals surface area contributed by atoms with Gasteiger partial charge in [-0.05, 0) is 61.4 Å². The topological polar surface area (TPSA) is 87.7 Å². The summed E-state index contributed by atoms with van der Waals surface area (Å²) in [4.78, 5) is 39.5. The van der Waals surface area contributed by atoms with Crippen molar-refractivity contribution in [3.8, 4) is 0 Å². The Labute approximate surface area is 202 Å². The largest absolute Gasteiger partial charge is 0.438 e. The maximum Gasteiger partial charge on any atom is 0.411 e. The van der Waals surface area contributed by atoms with Gasteiger partial charge >= 0.3 is 6.09 Å². The molecule has 1 aliphatic heterocycles. The van der Waals surface area contributed by atoms with E-state index in [1.54, 1.807) is 55.5 Å². The number of likely N-dealkylation sites (N-methyl/N-ethyl adjacent to an activating group) is 1. The fourth-order valence-corrected chi connectivity index (χ4v) is 3.94. The van der Waals surface area contributed by atoms with Crippen LogP contribution in [-0.2, 0) is 16.1 Å². The number of carbonyl (C=O) groups excluding carboxylic acids is 3. The van der Waals surface area contributed by atoms with E-state index in [1.165, 1.54) is 17.0 Å². The minimum atomic E-state index is -0.902. The Morgan fingerprint density at radius 1 is 0.971 bits per heavy atom. The number of nitrogens with one attached hydrogen (secondary N) is 2. The van der Waals surface area contributed by atoms with Crippen LogP contribution < -0.4 is 10.6 Å². The van der Waals surface area contributed by atoms with Gasteiger partial charge in [0.05, 0.1) is 6.54 Å². The number of amides is 3. The molecule has 1 saturated heterocycles. The average Bonchev–Trinajstić information content (AvgIpc) is 3.17. The van der Waals surface area contributed by atoms with Crippen LogP contribution in [0.2, 0.25) is 0 Å². The van der Waals surface area contributed by atoms with Crippen LogP contribution in [0.15, 0.2) is 72.8 Å². The lowest BCUT2D eigenvalue weighted by atomic mass is 10.00. The van der Waals surface area contributed by atoms with Crippen molar-refractivity contribution >= 4 is 23.6 Å². The Morgan fingerprint density at radius 3 is 2.26 bits per heavy atom. The highest BCUT2D eigenvalue weighted by Gasteiger charge is 2.46. The highest BCUT2D eigenvalue weighted by molar-refractivity contribution is 6.04. The molecule has 1 heterocycles. The van der Waals surface area contributed by atoms with Crippen molar-refractivity contribution in [2.75, 3.05) is 11.9 Å². The molecule has 0 radical (unpaired) electrons. The van der Waals surface area contributed by atoms with Crippen LogP contribution in [0.4, 0.5) is 14.9 Å². The Morgan fingerprint density at radius 2 is 1.63 bits per heavy atom. The molecule has 0 aliphatic carbocycles. The number of benzene rings is 3. The monoisotopic (exact) mass is 475 g/mol. The zero-order chi connectivity index (χ0) is 24.9. The normalized spacial score (nSPS) is 17.1. The average molecular weight is 476 g/mol. The summed E-state index contributed by atoms with van der Waals surface area (Å²) in [7, 11) is 0. The summed E-state index contributed by atoms with van der Waals surface area (Å²) >= 11 is 0. The third kappa shape index (κ3) is 5.48. The first kappa shape index (κ1) is 23.9. The molecule has 2 unspecified atom stereocenters. The second kappa shape index (κ2) is 10.4. The Kier molecular flexibility index (Phi) is 7.10. The van der Waals surface area contributed by atoms with Crippen LogP contribution >= 0.6 is 0 Å². The number of cyclic esters (lactones) is 1. The van der Waals surface area contributed by atoms with Crippen molar-refractivity contribution in [3.63, 3.8) is 0 Å². The van der Waals surface area contributed by atoms with Crippen molar-refractivity contribution in [2.45, 2.75) is 32.5 Å². The molecule has 0 bridgehead atoms. The number of ether oxygens (including phenoxy) is 1. The number of carbonyl (C=O) groups is 3. The standard InChI is InChI=1S/C27H26FN3O4/c1-3-29-26(33)23-24(35-27(34)31(23)16-18-6-12-21(28)13-7-18)19-10-14-22(15-11-19)30-25(32)20-8-4-17(2)5-9-20/h4-15,23-24H,3,16H2,1-2H3,(H,29,33)(H,30,32). The SMILES string of the molecule is CCNC(=O)C1C(c2ccc(NC(=O)c3ccc(C)cc3)cc2)OC(=O)N1Cc1ccc(F)cc1. The second-order valence-corrected chi connectivity index (χ2v) is 8.34. The Balaban J connectivity index is 1.53. The molecule has 0 saturated carbocycles. The van der Waals surface area contributed by atoms with E-state index in [-0.39, 0.29) is 24.2 Å². The molecule has 1 fully saturated rings. The molecule has 180 valence electrons. The molecule has 1 aliphatic rings. The van der Waals surface area contributed by atoms with Crippen molar-refractivity contribution < 1.29 is 23.5 Å². The van der Waals surface area contributed by atoms with Crippen LogP contribution in [0.25, 0.3) is 0 Å². The maximum absolute atomic E-state index is 13.3. The van der Waals surface area contributed by atoms with Crippen LogP contribution in [0.3, 0.4) is 0 Å². The minimum Gasteiger partial charge on any atom is -0.438 e. The van der Waals surface area contributed by atoms with Crippen molar-refractivity contribution in [1.82, 2.24) is 10.2 Å². The van der Waals surface area contributed by atoms with Gasteiger partial charge in [-0.3, -0.25) is 14.5 Å². The molecular formula is C27H26FN3O4. The second-order valence-electron chi connectivity index (χ2n) is 8.34. The van der Waals surface area contributed by atoms with Gasteiger partial charge in [0.1, 0.15) is 5.82 Å². The van der Waals surface area contributed by atoms with E-state index < -0.39 is 18.2 Å². The first-order chi connectivity index (χ1) is 16.9. The van der Waals surface area contributed by atoms with Gasteiger partial charge in [-0.25, -0.2) is 9.18 Å². The number of aryl methyl sites for hydroxylation is 1. The van der Waals surface area contributed by atoms with Crippen LogP contribution in [0.1, 0.15) is 40.1 Å². The summed E-state index contributed by atoms with van der Waals surface area (Å²) in [5.74, 6) is -0.969. The summed E-state index contributed by atoms with van der Waals surface area (Å²) in [6, 6.07) is 18.9. The Hall–Kier alpha value is -4.20. The van der Waals surface area contributed by atoms with Gasteiger partial charge in [0.15, 0.2) is 12.1 Å². The third-order valence-corrected chi connectivity index (χ3v) is 5.78. The Bertz CT molecular complexity index is 1210. The molecule has 3 aromatic rings. The number of halogens is 1. The van der Waals surface area contributed by atoms with Gasteiger partial charge in [-0.2, -0.15) is 0 Å². The molecule has 3 aromatic carbocycles. The van der Waals surface area contributed by atoms with Crippen molar-refractivity contribution in [2.24, 2.45) is 0 Å². The summed E-state index contributed by atoms with van der Waals surface area (Å²) in [6.07, 6.45) is -1.47. The van der Waals surface area contributed by atoms with Gasteiger partial charge < -0.3 is 15.4 Å². The molecule has 0 aromatic heterocycles. The number of nitrogens with zero attached hydrogens (tertiary/aromatic N) is 1. The molecule has 35 heavy (non-hydrogen) atoms. The van der Waals surface area contributed by atoms with Gasteiger partial charge in [0, 0.05) is 17.8 Å². The van der Waals surface area contributed by atoms with E-state index in [1.807, 2.05) is 19.1 Å². The molecule has 3 amide bonds. The van der Waals surface area contributed by atoms with Crippen LogP contribution in [0.5, 0.6) is 0 Å². The summed E-state index contributed by atoms with van der Waals surface area (Å²) < 4.78 is 18.9. The minimum absolute atomic E-state index is 0.0993. The molecule has 0 spiro atoms. The number of rotatable bonds is 7. The van der Waals surface area contributed by atoms with Crippen molar-refractivity contribution in [1.29, 1.82) is 0 Å². The number of hydrogen-bond acceptors (Lipinski definition) is 4. The molecule has 7 nitrogen and oxygen atoms in total. The quantitative estimate of drug-likeness (QED) is 0.524. The van der Waals surface area contributed by atoms with E-state index in [0.717, 1.165) is 5.56 Å². The lowest BCUT2D eigenvalue weighted by Gasteiger charge is -2.24. The fraction of sp³-hybridized carbons (Fsp3) is 0.222. The van der Waals surface area contributed by atoms with Gasteiger partial charge in [0.2, 0.25) is 5.91 Å². The van der Waals surface area contributed by atoms with Gasteiger partial charge in [0.25, 0.3) is 5.91 Å². The number of anilines is 1. The molecule has 4 rings (SSSR count). The van der Waals surface area contributed by atoms with Crippen LogP contribution in [-0.4, -0.2) is 35.4 Å². The highest BCUT2D eigenvalue weighted by Crippen LogP contribution is 2.34. The van der Waals surface area contributed by atoms with E-state index in [4.69, 9.17) is 4.74 Å². The van der Waals surface area contributed by atoms with E-state index in [9.17, 15) is 18.8 Å². The zero-order valence-corrected chi connectivity index (χ0v) is 19.5. The maximum atomic E-state index is 13.3. The molecule has 8 heteroatoms. The molecule has 2 N–H and O–H groups in total. The first-order valence-electron chi connectivity index (χ1n) is 11.3.